The van der Waals surface area contributed by atoms with Crippen LogP contribution in [0, 0.1) is 0 Å². The molecule has 0 radical (unpaired) electrons. The van der Waals surface area contributed by atoms with Gasteiger partial charge in [-0.1, -0.05) is 12.8 Å². The van der Waals surface area contributed by atoms with E-state index < -0.39 is 0 Å². The molecule has 1 fully saturated rings. The SMILES string of the molecule is CN(C)c1nc(C2CCCC2)cc(=O)[nH]1. The van der Waals surface area contributed by atoms with Crippen LogP contribution in [0.1, 0.15) is 37.3 Å². The predicted octanol–water partition coefficient (Wildman–Crippen LogP) is 1.49. The third-order valence-electron chi connectivity index (χ3n) is 2.95. The Balaban J connectivity index is 2.34. The molecule has 15 heavy (non-hydrogen) atoms. The van der Waals surface area contributed by atoms with Crippen LogP contribution < -0.4 is 10.5 Å². The maximum Gasteiger partial charge on any atom is 0.252 e. The predicted molar refractivity (Wildman–Crippen MR) is 60.4 cm³/mol. The zero-order valence-corrected chi connectivity index (χ0v) is 9.29. The summed E-state index contributed by atoms with van der Waals surface area (Å²) in [4.78, 5) is 20.5. The highest BCUT2D eigenvalue weighted by Gasteiger charge is 2.19. The van der Waals surface area contributed by atoms with Crippen molar-refractivity contribution in [2.45, 2.75) is 31.6 Å². The monoisotopic (exact) mass is 207 g/mol. The molecular weight excluding hydrogens is 190 g/mol. The number of anilines is 1. The average Bonchev–Trinajstić information content (AvgIpc) is 2.69. The lowest BCUT2D eigenvalue weighted by Crippen LogP contribution is -2.20. The molecule has 1 aromatic rings. The zero-order chi connectivity index (χ0) is 10.8. The van der Waals surface area contributed by atoms with Crippen LogP contribution in [0.15, 0.2) is 10.9 Å². The highest BCUT2D eigenvalue weighted by atomic mass is 16.1. The third kappa shape index (κ3) is 2.19. The van der Waals surface area contributed by atoms with Crippen LogP contribution in [0.5, 0.6) is 0 Å². The Bertz CT molecular complexity index is 391. The van der Waals surface area contributed by atoms with E-state index in [1.165, 1.54) is 25.7 Å². The van der Waals surface area contributed by atoms with E-state index in [-0.39, 0.29) is 5.56 Å². The number of hydrogen-bond acceptors (Lipinski definition) is 3. The summed E-state index contributed by atoms with van der Waals surface area (Å²) in [5.74, 6) is 1.15. The smallest absolute Gasteiger partial charge is 0.252 e. The average molecular weight is 207 g/mol. The Kier molecular flexibility index (Phi) is 2.75. The largest absolute Gasteiger partial charge is 0.348 e. The first-order chi connectivity index (χ1) is 7.16. The van der Waals surface area contributed by atoms with Crippen LogP contribution in [0.3, 0.4) is 0 Å². The van der Waals surface area contributed by atoms with E-state index in [4.69, 9.17) is 0 Å². The quantitative estimate of drug-likeness (QED) is 0.799. The first-order valence-electron chi connectivity index (χ1n) is 5.45. The van der Waals surface area contributed by atoms with Crippen LogP contribution in [-0.2, 0) is 0 Å². The van der Waals surface area contributed by atoms with Gasteiger partial charge < -0.3 is 4.90 Å². The van der Waals surface area contributed by atoms with Crippen LogP contribution in [0.25, 0.3) is 0 Å². The van der Waals surface area contributed by atoms with Gasteiger partial charge in [0.05, 0.1) is 5.69 Å². The summed E-state index contributed by atoms with van der Waals surface area (Å²) in [5.41, 5.74) is 0.913. The Hall–Kier alpha value is -1.32. The van der Waals surface area contributed by atoms with Gasteiger partial charge in [-0.25, -0.2) is 4.98 Å². The molecule has 2 rings (SSSR count). The Morgan fingerprint density at radius 3 is 2.67 bits per heavy atom. The van der Waals surface area contributed by atoms with Crippen LogP contribution in [-0.4, -0.2) is 24.1 Å². The van der Waals surface area contributed by atoms with Crippen molar-refractivity contribution in [1.29, 1.82) is 0 Å². The van der Waals surface area contributed by atoms with Crippen molar-refractivity contribution in [1.82, 2.24) is 9.97 Å². The molecule has 1 heterocycles. The van der Waals surface area contributed by atoms with Crippen molar-refractivity contribution in [3.8, 4) is 0 Å². The molecule has 0 spiro atoms. The molecule has 4 nitrogen and oxygen atoms in total. The second-order valence-corrected chi connectivity index (χ2v) is 4.37. The second kappa shape index (κ2) is 4.04. The molecule has 1 aliphatic rings. The van der Waals surface area contributed by atoms with Gasteiger partial charge in [0.1, 0.15) is 0 Å². The van der Waals surface area contributed by atoms with Crippen molar-refractivity contribution >= 4 is 5.95 Å². The van der Waals surface area contributed by atoms with Gasteiger partial charge in [0.2, 0.25) is 5.95 Å². The van der Waals surface area contributed by atoms with Crippen LogP contribution >= 0.6 is 0 Å². The van der Waals surface area contributed by atoms with Gasteiger partial charge in [0.25, 0.3) is 5.56 Å². The number of aromatic nitrogens is 2. The topological polar surface area (TPSA) is 49.0 Å². The molecule has 1 aliphatic carbocycles. The molecule has 4 heteroatoms. The number of H-pyrrole nitrogens is 1. The van der Waals surface area contributed by atoms with Crippen molar-refractivity contribution in [3.63, 3.8) is 0 Å². The summed E-state index contributed by atoms with van der Waals surface area (Å²) < 4.78 is 0. The molecule has 0 atom stereocenters. The molecule has 0 unspecified atom stereocenters. The fourth-order valence-corrected chi connectivity index (χ4v) is 2.11. The number of nitrogens with one attached hydrogen (secondary N) is 1. The van der Waals surface area contributed by atoms with Gasteiger partial charge in [-0.2, -0.15) is 0 Å². The third-order valence-corrected chi connectivity index (χ3v) is 2.95. The molecule has 1 aromatic heterocycles. The number of aromatic amines is 1. The van der Waals surface area contributed by atoms with Crippen LogP contribution in [0.4, 0.5) is 5.95 Å². The van der Waals surface area contributed by atoms with E-state index >= 15 is 0 Å². The van der Waals surface area contributed by atoms with E-state index in [1.54, 1.807) is 6.07 Å². The number of nitrogens with zero attached hydrogens (tertiary/aromatic N) is 2. The molecule has 1 saturated carbocycles. The lowest BCUT2D eigenvalue weighted by molar-refractivity contribution is 0.690. The first-order valence-corrected chi connectivity index (χ1v) is 5.45. The summed E-state index contributed by atoms with van der Waals surface area (Å²) in [6, 6.07) is 1.64. The van der Waals surface area contributed by atoms with Gasteiger partial charge in [-0.15, -0.1) is 0 Å². The summed E-state index contributed by atoms with van der Waals surface area (Å²) in [6.45, 7) is 0. The molecule has 1 N–H and O–H groups in total. The summed E-state index contributed by atoms with van der Waals surface area (Å²) >= 11 is 0. The Morgan fingerprint density at radius 2 is 2.07 bits per heavy atom. The lowest BCUT2D eigenvalue weighted by Gasteiger charge is -2.14. The van der Waals surface area contributed by atoms with Gasteiger partial charge in [0, 0.05) is 26.1 Å². The van der Waals surface area contributed by atoms with Crippen molar-refractivity contribution < 1.29 is 0 Å². The normalized spacial score (nSPS) is 16.9. The van der Waals surface area contributed by atoms with E-state index in [0.717, 1.165) is 5.69 Å². The molecule has 82 valence electrons. The molecular formula is C11H17N3O. The second-order valence-electron chi connectivity index (χ2n) is 4.37. The summed E-state index contributed by atoms with van der Waals surface area (Å²) in [5, 5.41) is 0. The highest BCUT2D eigenvalue weighted by molar-refractivity contribution is 5.28. The van der Waals surface area contributed by atoms with Gasteiger partial charge in [0.15, 0.2) is 0 Å². The maximum atomic E-state index is 11.5. The Labute approximate surface area is 89.3 Å². The molecule has 0 aliphatic heterocycles. The van der Waals surface area contributed by atoms with E-state index in [9.17, 15) is 4.79 Å². The fraction of sp³-hybridized carbons (Fsp3) is 0.636. The lowest BCUT2D eigenvalue weighted by atomic mass is 10.0. The van der Waals surface area contributed by atoms with E-state index in [1.807, 2.05) is 19.0 Å². The maximum absolute atomic E-state index is 11.5. The minimum absolute atomic E-state index is 0.0457. The summed E-state index contributed by atoms with van der Waals surface area (Å²) in [6.07, 6.45) is 4.86. The first kappa shape index (κ1) is 10.2. The van der Waals surface area contributed by atoms with Gasteiger partial charge >= 0.3 is 0 Å². The Morgan fingerprint density at radius 1 is 1.40 bits per heavy atom. The van der Waals surface area contributed by atoms with E-state index in [2.05, 4.69) is 9.97 Å². The van der Waals surface area contributed by atoms with Crippen molar-refractivity contribution in [3.05, 3.63) is 22.1 Å². The summed E-state index contributed by atoms with van der Waals surface area (Å²) in [7, 11) is 3.77. The standard InChI is InChI=1S/C11H17N3O/c1-14(2)11-12-9(7-10(15)13-11)8-5-3-4-6-8/h7-8H,3-6H2,1-2H3,(H,12,13,15). The zero-order valence-electron chi connectivity index (χ0n) is 9.29. The molecule has 0 aromatic carbocycles. The van der Waals surface area contributed by atoms with Gasteiger partial charge in [-0.05, 0) is 12.8 Å². The minimum atomic E-state index is -0.0457. The van der Waals surface area contributed by atoms with Crippen molar-refractivity contribution in [2.24, 2.45) is 0 Å². The molecule has 0 bridgehead atoms. The fourth-order valence-electron chi connectivity index (χ4n) is 2.11. The number of hydrogen-bond donors (Lipinski definition) is 1. The van der Waals surface area contributed by atoms with Crippen LogP contribution in [0.2, 0.25) is 0 Å². The molecule has 0 amide bonds. The number of rotatable bonds is 2. The van der Waals surface area contributed by atoms with Gasteiger partial charge in [-0.3, -0.25) is 9.78 Å². The van der Waals surface area contributed by atoms with E-state index in [0.29, 0.717) is 11.9 Å². The highest BCUT2D eigenvalue weighted by Crippen LogP contribution is 2.32. The van der Waals surface area contributed by atoms with Crippen molar-refractivity contribution in [2.75, 3.05) is 19.0 Å². The molecule has 0 saturated heterocycles. The minimum Gasteiger partial charge on any atom is -0.348 e.